The van der Waals surface area contributed by atoms with Crippen LogP contribution in [-0.4, -0.2) is 29.4 Å². The minimum absolute atomic E-state index is 0. The Bertz CT molecular complexity index is 379. The van der Waals surface area contributed by atoms with Crippen molar-refractivity contribution in [3.63, 3.8) is 0 Å². The van der Waals surface area contributed by atoms with E-state index >= 15 is 0 Å². The number of hydrogen-bond donors (Lipinski definition) is 1. The molecule has 0 aliphatic heterocycles. The number of rotatable bonds is 3. The Morgan fingerprint density at radius 3 is 2.81 bits per heavy atom. The van der Waals surface area contributed by atoms with Crippen molar-refractivity contribution in [1.82, 2.24) is 9.88 Å². The smallest absolute Gasteiger partial charge is 0.272 e. The number of nitrogens with two attached hydrogens (primary N) is 1. The number of amides is 1. The van der Waals surface area contributed by atoms with Gasteiger partial charge < -0.3 is 10.6 Å². The lowest BCUT2D eigenvalue weighted by Crippen LogP contribution is -2.29. The number of nitrogen functional groups attached to an aromatic ring is 1. The van der Waals surface area contributed by atoms with Gasteiger partial charge in [0.2, 0.25) is 0 Å². The van der Waals surface area contributed by atoms with E-state index in [4.69, 9.17) is 5.73 Å². The molecule has 0 saturated heterocycles. The standard InChI is InChI=1S/C11H15N3O.ClH/c1-14(7-8-5-6-8)11(15)9-3-2-4-10(12)13-9;/h2-4,8H,5-7H2,1H3,(H2,12,13);1H. The number of hydrogen-bond acceptors (Lipinski definition) is 3. The van der Waals surface area contributed by atoms with Crippen LogP contribution in [0.4, 0.5) is 5.82 Å². The van der Waals surface area contributed by atoms with Crippen LogP contribution in [0.1, 0.15) is 23.3 Å². The maximum atomic E-state index is 11.9. The maximum Gasteiger partial charge on any atom is 0.272 e. The topological polar surface area (TPSA) is 59.2 Å². The van der Waals surface area contributed by atoms with Crippen molar-refractivity contribution >= 4 is 24.1 Å². The number of pyridine rings is 1. The zero-order chi connectivity index (χ0) is 10.8. The zero-order valence-corrected chi connectivity index (χ0v) is 10.0. The lowest BCUT2D eigenvalue weighted by molar-refractivity contribution is 0.0783. The maximum absolute atomic E-state index is 11.9. The highest BCUT2D eigenvalue weighted by Gasteiger charge is 2.25. The highest BCUT2D eigenvalue weighted by Crippen LogP contribution is 2.29. The normalized spacial score (nSPS) is 14.1. The van der Waals surface area contributed by atoms with Crippen molar-refractivity contribution in [3.8, 4) is 0 Å². The van der Waals surface area contributed by atoms with Crippen molar-refractivity contribution in [2.45, 2.75) is 12.8 Å². The van der Waals surface area contributed by atoms with Gasteiger partial charge >= 0.3 is 0 Å². The van der Waals surface area contributed by atoms with Crippen molar-refractivity contribution in [3.05, 3.63) is 23.9 Å². The minimum atomic E-state index is -0.0470. The third-order valence-corrected chi connectivity index (χ3v) is 2.57. The highest BCUT2D eigenvalue weighted by atomic mass is 35.5. The van der Waals surface area contributed by atoms with Gasteiger partial charge in [-0.2, -0.15) is 0 Å². The average molecular weight is 242 g/mol. The summed E-state index contributed by atoms with van der Waals surface area (Å²) in [5.74, 6) is 1.04. The number of anilines is 1. The average Bonchev–Trinajstić information content (AvgIpc) is 3.00. The molecule has 0 spiro atoms. The molecule has 1 aromatic heterocycles. The Balaban J connectivity index is 0.00000128. The molecule has 1 aliphatic carbocycles. The molecule has 1 heterocycles. The minimum Gasteiger partial charge on any atom is -0.384 e. The summed E-state index contributed by atoms with van der Waals surface area (Å²) in [6, 6.07) is 5.13. The fraction of sp³-hybridized carbons (Fsp3) is 0.455. The molecule has 4 nitrogen and oxygen atoms in total. The van der Waals surface area contributed by atoms with Gasteiger partial charge in [-0.1, -0.05) is 6.07 Å². The zero-order valence-electron chi connectivity index (χ0n) is 9.22. The Kier molecular flexibility index (Phi) is 4.12. The summed E-state index contributed by atoms with van der Waals surface area (Å²) in [5.41, 5.74) is 5.96. The Morgan fingerprint density at radius 1 is 1.56 bits per heavy atom. The first kappa shape index (κ1) is 12.8. The Hall–Kier alpha value is -1.29. The van der Waals surface area contributed by atoms with Gasteiger partial charge in [0.15, 0.2) is 0 Å². The molecule has 1 amide bonds. The number of aromatic nitrogens is 1. The molecule has 5 heteroatoms. The monoisotopic (exact) mass is 241 g/mol. The van der Waals surface area contributed by atoms with Gasteiger partial charge in [-0.3, -0.25) is 4.79 Å². The quantitative estimate of drug-likeness (QED) is 0.874. The third kappa shape index (κ3) is 3.10. The van der Waals surface area contributed by atoms with Crippen LogP contribution in [0.5, 0.6) is 0 Å². The van der Waals surface area contributed by atoms with Crippen LogP contribution in [0.2, 0.25) is 0 Å². The lowest BCUT2D eigenvalue weighted by atomic mass is 10.3. The van der Waals surface area contributed by atoms with Crippen molar-refractivity contribution in [2.24, 2.45) is 5.92 Å². The van der Waals surface area contributed by atoms with Crippen LogP contribution < -0.4 is 5.73 Å². The number of halogens is 1. The van der Waals surface area contributed by atoms with E-state index in [0.717, 1.165) is 6.54 Å². The predicted molar refractivity (Wildman–Crippen MR) is 65.6 cm³/mol. The van der Waals surface area contributed by atoms with Crippen LogP contribution in [-0.2, 0) is 0 Å². The number of carbonyl (C=O) groups is 1. The number of carbonyl (C=O) groups excluding carboxylic acids is 1. The second kappa shape index (κ2) is 5.16. The second-order valence-electron chi connectivity index (χ2n) is 4.08. The first-order valence-corrected chi connectivity index (χ1v) is 5.15. The van der Waals surface area contributed by atoms with Crippen molar-refractivity contribution in [2.75, 3.05) is 19.3 Å². The van der Waals surface area contributed by atoms with E-state index in [1.165, 1.54) is 12.8 Å². The van der Waals surface area contributed by atoms with E-state index in [2.05, 4.69) is 4.98 Å². The third-order valence-electron chi connectivity index (χ3n) is 2.57. The molecule has 0 atom stereocenters. The molecule has 0 aromatic carbocycles. The molecule has 2 N–H and O–H groups in total. The van der Waals surface area contributed by atoms with E-state index in [9.17, 15) is 4.79 Å². The van der Waals surface area contributed by atoms with Crippen LogP contribution in [0, 0.1) is 5.92 Å². The molecule has 88 valence electrons. The van der Waals surface area contributed by atoms with Crippen LogP contribution in [0.15, 0.2) is 18.2 Å². The van der Waals surface area contributed by atoms with Gasteiger partial charge in [-0.05, 0) is 30.9 Å². The first-order valence-electron chi connectivity index (χ1n) is 5.15. The van der Waals surface area contributed by atoms with E-state index in [1.807, 2.05) is 7.05 Å². The molecule has 1 aliphatic rings. The molecule has 1 fully saturated rings. The molecule has 2 rings (SSSR count). The van der Waals surface area contributed by atoms with Gasteiger partial charge in [0.25, 0.3) is 5.91 Å². The second-order valence-corrected chi connectivity index (χ2v) is 4.08. The van der Waals surface area contributed by atoms with Crippen LogP contribution >= 0.6 is 12.4 Å². The van der Waals surface area contributed by atoms with E-state index in [-0.39, 0.29) is 18.3 Å². The molecule has 0 radical (unpaired) electrons. The molecule has 1 aromatic rings. The molecular formula is C11H16ClN3O. The summed E-state index contributed by atoms with van der Waals surface area (Å²) in [7, 11) is 1.81. The fourth-order valence-electron chi connectivity index (χ4n) is 1.54. The summed E-state index contributed by atoms with van der Waals surface area (Å²) in [4.78, 5) is 17.6. The lowest BCUT2D eigenvalue weighted by Gasteiger charge is -2.16. The molecule has 0 bridgehead atoms. The summed E-state index contributed by atoms with van der Waals surface area (Å²) >= 11 is 0. The molecule has 1 saturated carbocycles. The molecule has 0 unspecified atom stereocenters. The van der Waals surface area contributed by atoms with Gasteiger partial charge in [-0.25, -0.2) is 4.98 Å². The molecule has 16 heavy (non-hydrogen) atoms. The van der Waals surface area contributed by atoms with E-state index in [0.29, 0.717) is 17.4 Å². The van der Waals surface area contributed by atoms with Crippen LogP contribution in [0.3, 0.4) is 0 Å². The summed E-state index contributed by atoms with van der Waals surface area (Å²) in [6.45, 7) is 0.829. The Morgan fingerprint density at radius 2 is 2.25 bits per heavy atom. The van der Waals surface area contributed by atoms with Crippen molar-refractivity contribution in [1.29, 1.82) is 0 Å². The van der Waals surface area contributed by atoms with Gasteiger partial charge in [0, 0.05) is 13.6 Å². The largest absolute Gasteiger partial charge is 0.384 e. The van der Waals surface area contributed by atoms with Gasteiger partial charge in [0.1, 0.15) is 11.5 Å². The summed E-state index contributed by atoms with van der Waals surface area (Å²) in [5, 5.41) is 0. The van der Waals surface area contributed by atoms with E-state index < -0.39 is 0 Å². The van der Waals surface area contributed by atoms with Crippen molar-refractivity contribution < 1.29 is 4.79 Å². The SMILES string of the molecule is CN(CC1CC1)C(=O)c1cccc(N)n1.Cl. The summed E-state index contributed by atoms with van der Waals surface area (Å²) in [6.07, 6.45) is 2.48. The number of nitrogens with zero attached hydrogens (tertiary/aromatic N) is 2. The first-order chi connectivity index (χ1) is 7.16. The fourth-order valence-corrected chi connectivity index (χ4v) is 1.54. The Labute approximate surface area is 101 Å². The van der Waals surface area contributed by atoms with Gasteiger partial charge in [-0.15, -0.1) is 12.4 Å². The van der Waals surface area contributed by atoms with Crippen LogP contribution in [0.25, 0.3) is 0 Å². The van der Waals surface area contributed by atoms with E-state index in [1.54, 1.807) is 23.1 Å². The summed E-state index contributed by atoms with van der Waals surface area (Å²) < 4.78 is 0. The predicted octanol–water partition coefficient (Wildman–Crippen LogP) is 1.57. The highest BCUT2D eigenvalue weighted by molar-refractivity contribution is 5.92. The molecular weight excluding hydrogens is 226 g/mol. The van der Waals surface area contributed by atoms with Gasteiger partial charge in [0.05, 0.1) is 0 Å².